The normalized spacial score (nSPS) is 15.4. The molecule has 3 rings (SSSR count). The summed E-state index contributed by atoms with van der Waals surface area (Å²) < 4.78 is 5.78. The predicted octanol–water partition coefficient (Wildman–Crippen LogP) is 5.30. The van der Waals surface area contributed by atoms with Gasteiger partial charge in [0.05, 0.1) is 6.61 Å². The second kappa shape index (κ2) is 14.2. The van der Waals surface area contributed by atoms with E-state index < -0.39 is 0 Å². The number of nitrogens with one attached hydrogen (secondary N) is 2. The number of piperidine rings is 1. The lowest BCUT2D eigenvalue weighted by molar-refractivity contribution is 0.0905. The van der Waals surface area contributed by atoms with Crippen LogP contribution in [0.5, 0.6) is 5.75 Å². The Labute approximate surface area is 233 Å². The number of thiophene rings is 1. The van der Waals surface area contributed by atoms with E-state index in [2.05, 4.69) is 38.9 Å². The minimum atomic E-state index is -0.325. The maximum Gasteiger partial charge on any atom is 0.317 e. The topological polar surface area (TPSA) is 86.8 Å². The molecule has 2 aromatic rings. The van der Waals surface area contributed by atoms with Crippen molar-refractivity contribution >= 4 is 46.5 Å². The van der Waals surface area contributed by atoms with Crippen molar-refractivity contribution in [1.82, 2.24) is 25.4 Å². The molecule has 3 amide bonds. The van der Waals surface area contributed by atoms with Gasteiger partial charge < -0.3 is 25.2 Å². The zero-order valence-corrected chi connectivity index (χ0v) is 24.3. The molecule has 1 aliphatic rings. The van der Waals surface area contributed by atoms with Crippen molar-refractivity contribution in [2.75, 3.05) is 33.3 Å². The lowest BCUT2D eigenvalue weighted by Gasteiger charge is -2.40. The number of ether oxygens (including phenoxy) is 1. The van der Waals surface area contributed by atoms with Gasteiger partial charge in [-0.25, -0.2) is 9.78 Å². The molecule has 0 saturated carbocycles. The Kier molecular flexibility index (Phi) is 11.3. The number of carbonyl (C=O) groups excluding carboxylic acids is 2. The molecule has 3 heterocycles. The van der Waals surface area contributed by atoms with Crippen LogP contribution >= 0.6 is 34.5 Å². The number of hydrogen-bond acceptors (Lipinski definition) is 6. The van der Waals surface area contributed by atoms with Crippen molar-refractivity contribution < 1.29 is 14.3 Å². The summed E-state index contributed by atoms with van der Waals surface area (Å²) in [6.45, 7) is 9.57. The minimum Gasteiger partial charge on any atom is -0.492 e. The molecule has 2 aromatic heterocycles. The molecule has 37 heavy (non-hydrogen) atoms. The summed E-state index contributed by atoms with van der Waals surface area (Å²) >= 11 is 13.9. The number of carbonyl (C=O) groups is 2. The van der Waals surface area contributed by atoms with Gasteiger partial charge in [-0.15, -0.1) is 0 Å². The second-order valence-corrected chi connectivity index (χ2v) is 11.3. The zero-order chi connectivity index (χ0) is 26.9. The Morgan fingerprint density at radius 1 is 1.27 bits per heavy atom. The zero-order valence-electron chi connectivity index (χ0n) is 21.9. The van der Waals surface area contributed by atoms with Gasteiger partial charge in [0.25, 0.3) is 5.91 Å². The number of likely N-dealkylation sites (tertiary alicyclic amines) is 1. The van der Waals surface area contributed by atoms with E-state index in [1.165, 1.54) is 6.07 Å². The van der Waals surface area contributed by atoms with Crippen LogP contribution in [-0.2, 0) is 6.54 Å². The van der Waals surface area contributed by atoms with E-state index in [1.807, 2.05) is 24.1 Å². The molecule has 11 heteroatoms. The molecular weight excluding hydrogens is 533 g/mol. The molecular formula is C26H37Cl2N5O3S. The van der Waals surface area contributed by atoms with Gasteiger partial charge in [-0.1, -0.05) is 37.0 Å². The number of rotatable bonds is 11. The number of urea groups is 1. The van der Waals surface area contributed by atoms with Crippen LogP contribution in [0.3, 0.4) is 0 Å². The Hall–Kier alpha value is -2.07. The monoisotopic (exact) mass is 569 g/mol. The van der Waals surface area contributed by atoms with Gasteiger partial charge in [0.15, 0.2) is 0 Å². The molecule has 0 aromatic carbocycles. The third-order valence-corrected chi connectivity index (χ3v) is 7.72. The molecule has 2 N–H and O–H groups in total. The van der Waals surface area contributed by atoms with Crippen LogP contribution in [0.4, 0.5) is 4.79 Å². The van der Waals surface area contributed by atoms with Crippen LogP contribution in [-0.4, -0.2) is 72.1 Å². The van der Waals surface area contributed by atoms with Crippen molar-refractivity contribution in [2.24, 2.45) is 5.92 Å². The van der Waals surface area contributed by atoms with Gasteiger partial charge >= 0.3 is 6.03 Å². The molecule has 1 fully saturated rings. The van der Waals surface area contributed by atoms with E-state index in [0.717, 1.165) is 37.9 Å². The molecule has 8 nitrogen and oxygen atoms in total. The first-order valence-corrected chi connectivity index (χ1v) is 14.4. The third kappa shape index (κ3) is 8.46. The summed E-state index contributed by atoms with van der Waals surface area (Å²) in [7, 11) is 1.68. The van der Waals surface area contributed by atoms with Crippen LogP contribution in [0.25, 0.3) is 0 Å². The van der Waals surface area contributed by atoms with E-state index in [4.69, 9.17) is 27.9 Å². The second-order valence-electron chi connectivity index (χ2n) is 9.79. The van der Waals surface area contributed by atoms with E-state index in [-0.39, 0.29) is 45.8 Å². The SMILES string of the molecule is CNC(=O)N(Cc1ccsc1)C1CCN([C@H](C)CCNC(=O)c2c(OCC(C)C)cc(Cl)nc2Cl)CC1. The fraction of sp³-hybridized carbons (Fsp3) is 0.577. The standard InChI is InChI=1S/C26H37Cl2N5O3S/c1-17(2)15-36-21-13-22(27)31-24(28)23(21)25(34)30-9-5-18(3)32-10-6-20(7-11-32)33(26(35)29-4)14-19-8-12-37-16-19/h8,12-13,16-18,20H,5-7,9-11,14-15H2,1-4H3,(H,29,35)(H,30,34)/t18-/m1/s1. The lowest BCUT2D eigenvalue weighted by Crippen LogP contribution is -2.51. The number of amides is 3. The first kappa shape index (κ1) is 29.5. The highest BCUT2D eigenvalue weighted by Gasteiger charge is 2.29. The van der Waals surface area contributed by atoms with Gasteiger partial charge in [-0.3, -0.25) is 4.79 Å². The molecule has 0 aliphatic carbocycles. The van der Waals surface area contributed by atoms with Crippen LogP contribution in [0.1, 0.15) is 56.0 Å². The first-order valence-electron chi connectivity index (χ1n) is 12.7. The van der Waals surface area contributed by atoms with Crippen molar-refractivity contribution in [3.05, 3.63) is 44.3 Å². The summed E-state index contributed by atoms with van der Waals surface area (Å²) in [4.78, 5) is 33.9. The number of pyridine rings is 1. The van der Waals surface area contributed by atoms with Crippen molar-refractivity contribution in [3.63, 3.8) is 0 Å². The average molecular weight is 571 g/mol. The molecule has 0 bridgehead atoms. The number of hydrogen-bond donors (Lipinski definition) is 2. The smallest absolute Gasteiger partial charge is 0.317 e. The minimum absolute atomic E-state index is 0.0296. The molecule has 0 spiro atoms. The Bertz CT molecular complexity index is 1030. The highest BCUT2D eigenvalue weighted by molar-refractivity contribution is 7.07. The van der Waals surface area contributed by atoms with E-state index in [0.29, 0.717) is 25.4 Å². The number of halogens is 2. The number of aromatic nitrogens is 1. The fourth-order valence-electron chi connectivity index (χ4n) is 4.43. The number of nitrogens with zero attached hydrogens (tertiary/aromatic N) is 3. The molecule has 1 atom stereocenters. The van der Waals surface area contributed by atoms with Crippen LogP contribution in [0.2, 0.25) is 10.3 Å². The summed E-state index contributed by atoms with van der Waals surface area (Å²) in [6, 6.07) is 4.04. The lowest BCUT2D eigenvalue weighted by atomic mass is 10.0. The van der Waals surface area contributed by atoms with Gasteiger partial charge in [0, 0.05) is 51.4 Å². The quantitative estimate of drug-likeness (QED) is 0.358. The Balaban J connectivity index is 1.50. The molecule has 204 valence electrons. The van der Waals surface area contributed by atoms with E-state index >= 15 is 0 Å². The van der Waals surface area contributed by atoms with Crippen molar-refractivity contribution in [3.8, 4) is 5.75 Å². The van der Waals surface area contributed by atoms with E-state index in [9.17, 15) is 9.59 Å². The van der Waals surface area contributed by atoms with Gasteiger partial charge in [-0.05, 0) is 54.5 Å². The van der Waals surface area contributed by atoms with E-state index in [1.54, 1.807) is 18.4 Å². The predicted molar refractivity (Wildman–Crippen MR) is 150 cm³/mol. The van der Waals surface area contributed by atoms with Gasteiger partial charge in [0.2, 0.25) is 0 Å². The Morgan fingerprint density at radius 2 is 2.00 bits per heavy atom. The summed E-state index contributed by atoms with van der Waals surface area (Å²) in [6.07, 6.45) is 2.61. The Morgan fingerprint density at radius 3 is 2.62 bits per heavy atom. The maximum atomic E-state index is 12.9. The average Bonchev–Trinajstić information content (AvgIpc) is 3.38. The highest BCUT2D eigenvalue weighted by Crippen LogP contribution is 2.29. The fourth-order valence-corrected chi connectivity index (χ4v) is 5.59. The first-order chi connectivity index (χ1) is 17.7. The van der Waals surface area contributed by atoms with Crippen LogP contribution < -0.4 is 15.4 Å². The van der Waals surface area contributed by atoms with Crippen molar-refractivity contribution in [1.29, 1.82) is 0 Å². The molecule has 0 radical (unpaired) electrons. The largest absolute Gasteiger partial charge is 0.492 e. The van der Waals surface area contributed by atoms with Crippen molar-refractivity contribution in [2.45, 2.75) is 58.7 Å². The van der Waals surface area contributed by atoms with Gasteiger partial charge in [-0.2, -0.15) is 11.3 Å². The molecule has 1 saturated heterocycles. The summed E-state index contributed by atoms with van der Waals surface area (Å²) in [5.41, 5.74) is 1.37. The summed E-state index contributed by atoms with van der Waals surface area (Å²) in [5.74, 6) is 0.300. The third-order valence-electron chi connectivity index (χ3n) is 6.53. The maximum absolute atomic E-state index is 12.9. The van der Waals surface area contributed by atoms with Crippen LogP contribution in [0, 0.1) is 5.92 Å². The summed E-state index contributed by atoms with van der Waals surface area (Å²) in [5, 5.41) is 10.1. The van der Waals surface area contributed by atoms with Gasteiger partial charge in [0.1, 0.15) is 21.6 Å². The molecule has 0 unspecified atom stereocenters. The highest BCUT2D eigenvalue weighted by atomic mass is 35.5. The molecule has 1 aliphatic heterocycles. The van der Waals surface area contributed by atoms with Crippen LogP contribution in [0.15, 0.2) is 22.9 Å².